The van der Waals surface area contributed by atoms with Crippen molar-refractivity contribution >= 4 is 40.3 Å². The van der Waals surface area contributed by atoms with Gasteiger partial charge in [-0.25, -0.2) is 0 Å². The molecule has 4 aromatic rings. The summed E-state index contributed by atoms with van der Waals surface area (Å²) in [5.41, 5.74) is 1.27. The molecule has 0 aliphatic heterocycles. The fraction of sp³-hybridized carbons (Fsp3) is 0.261. The second-order valence-electron chi connectivity index (χ2n) is 7.10. The summed E-state index contributed by atoms with van der Waals surface area (Å²) in [5, 5.41) is 16.6. The molecule has 0 radical (unpaired) electrons. The smallest absolute Gasteiger partial charge is 0.233 e. The summed E-state index contributed by atoms with van der Waals surface area (Å²) in [6, 6.07) is 18.6. The minimum absolute atomic E-state index is 0.0100. The molecule has 0 saturated carbocycles. The lowest BCUT2D eigenvalue weighted by atomic mass is 10.1. The number of carbonyl (C=O) groups excluding carboxylic acids is 1. The molecule has 5 nitrogen and oxygen atoms in total. The van der Waals surface area contributed by atoms with Gasteiger partial charge in [-0.1, -0.05) is 54.2 Å². The van der Waals surface area contributed by atoms with Gasteiger partial charge < -0.3 is 9.88 Å². The molecule has 0 aliphatic carbocycles. The van der Waals surface area contributed by atoms with E-state index < -0.39 is 0 Å². The number of rotatable bonds is 10. The number of thioether (sulfide) groups is 1. The molecule has 8 heteroatoms. The first-order valence-corrected chi connectivity index (χ1v) is 12.8. The first kappa shape index (κ1) is 21.8. The highest BCUT2D eigenvalue weighted by Gasteiger charge is 2.20. The molecule has 1 atom stereocenters. The third kappa shape index (κ3) is 6.06. The van der Waals surface area contributed by atoms with E-state index >= 15 is 0 Å². The molecule has 1 amide bonds. The molecule has 1 unspecified atom stereocenters. The highest BCUT2D eigenvalue weighted by molar-refractivity contribution is 8.00. The van der Waals surface area contributed by atoms with E-state index in [9.17, 15) is 4.79 Å². The fourth-order valence-electron chi connectivity index (χ4n) is 3.16. The summed E-state index contributed by atoms with van der Waals surface area (Å²) in [6.07, 6.45) is 1.64. The summed E-state index contributed by atoms with van der Waals surface area (Å²) >= 11 is 4.84. The van der Waals surface area contributed by atoms with Gasteiger partial charge in [-0.05, 0) is 41.8 Å². The molecular weight excluding hydrogens is 444 g/mol. The van der Waals surface area contributed by atoms with Crippen molar-refractivity contribution in [2.45, 2.75) is 43.3 Å². The first-order chi connectivity index (χ1) is 15.2. The van der Waals surface area contributed by atoms with Gasteiger partial charge in [0.1, 0.15) is 5.82 Å². The number of carbonyl (C=O) groups is 1. The zero-order chi connectivity index (χ0) is 21.5. The van der Waals surface area contributed by atoms with Crippen molar-refractivity contribution in [2.75, 3.05) is 0 Å². The van der Waals surface area contributed by atoms with Crippen molar-refractivity contribution in [2.24, 2.45) is 0 Å². The molecule has 1 aromatic carbocycles. The lowest BCUT2D eigenvalue weighted by Gasteiger charge is -2.13. The van der Waals surface area contributed by atoms with Gasteiger partial charge in [-0.3, -0.25) is 4.79 Å². The number of benzene rings is 1. The Kier molecular flexibility index (Phi) is 7.56. The van der Waals surface area contributed by atoms with Crippen LogP contribution in [0.15, 0.2) is 70.5 Å². The zero-order valence-corrected chi connectivity index (χ0v) is 19.7. The standard InChI is InChI=1S/C23H24N4OS3/c1-17(22(28)24-16-20-10-6-14-30-20)31-23-26-25-21(15-19-9-5-13-29-19)27(23)12-11-18-7-3-2-4-8-18/h2-10,13-14,17H,11-12,15-16H2,1H3,(H,24,28). The average Bonchev–Trinajstić information content (AvgIpc) is 3.55. The van der Waals surface area contributed by atoms with E-state index in [0.29, 0.717) is 6.54 Å². The van der Waals surface area contributed by atoms with Crippen molar-refractivity contribution in [3.8, 4) is 0 Å². The number of nitrogens with one attached hydrogen (secondary N) is 1. The molecular formula is C23H24N4OS3. The Bertz CT molecular complexity index is 1080. The van der Waals surface area contributed by atoms with Gasteiger partial charge in [0.15, 0.2) is 5.16 Å². The Labute approximate surface area is 194 Å². The third-order valence-corrected chi connectivity index (χ3v) is 7.67. The topological polar surface area (TPSA) is 59.8 Å². The largest absolute Gasteiger partial charge is 0.350 e. The maximum absolute atomic E-state index is 12.6. The lowest BCUT2D eigenvalue weighted by Crippen LogP contribution is -2.30. The number of nitrogens with zero attached hydrogens (tertiary/aromatic N) is 3. The molecule has 0 saturated heterocycles. The Hall–Kier alpha value is -2.42. The first-order valence-electron chi connectivity index (χ1n) is 10.1. The van der Waals surface area contributed by atoms with E-state index in [1.807, 2.05) is 30.5 Å². The molecule has 3 aromatic heterocycles. The Morgan fingerprint density at radius 1 is 1.03 bits per heavy atom. The van der Waals surface area contributed by atoms with Gasteiger partial charge in [0, 0.05) is 22.7 Å². The maximum Gasteiger partial charge on any atom is 0.233 e. The van der Waals surface area contributed by atoms with Crippen LogP contribution in [0.2, 0.25) is 0 Å². The Balaban J connectivity index is 1.45. The van der Waals surface area contributed by atoms with E-state index in [0.717, 1.165) is 35.2 Å². The molecule has 4 rings (SSSR count). The number of amides is 1. The minimum atomic E-state index is -0.255. The SMILES string of the molecule is CC(Sc1nnc(Cc2cccs2)n1CCc1ccccc1)C(=O)NCc1cccs1. The Morgan fingerprint density at radius 2 is 1.77 bits per heavy atom. The molecule has 0 bridgehead atoms. The van der Waals surface area contributed by atoms with Crippen LogP contribution in [-0.2, 0) is 30.7 Å². The van der Waals surface area contributed by atoms with E-state index in [1.54, 1.807) is 22.7 Å². The zero-order valence-electron chi connectivity index (χ0n) is 17.2. The molecule has 0 aliphatic rings. The maximum atomic E-state index is 12.6. The molecule has 31 heavy (non-hydrogen) atoms. The summed E-state index contributed by atoms with van der Waals surface area (Å²) < 4.78 is 2.17. The number of hydrogen-bond donors (Lipinski definition) is 1. The molecule has 0 spiro atoms. The van der Waals surface area contributed by atoms with Crippen LogP contribution in [0.3, 0.4) is 0 Å². The molecule has 1 N–H and O–H groups in total. The lowest BCUT2D eigenvalue weighted by molar-refractivity contribution is -0.120. The van der Waals surface area contributed by atoms with Crippen LogP contribution in [0.5, 0.6) is 0 Å². The van der Waals surface area contributed by atoms with E-state index in [2.05, 4.69) is 61.9 Å². The summed E-state index contributed by atoms with van der Waals surface area (Å²) in [6.45, 7) is 3.26. The second kappa shape index (κ2) is 10.7. The predicted octanol–water partition coefficient (Wildman–Crippen LogP) is 5.03. The number of hydrogen-bond acceptors (Lipinski definition) is 6. The van der Waals surface area contributed by atoms with Crippen molar-refractivity contribution in [3.05, 3.63) is 86.5 Å². The monoisotopic (exact) mass is 468 g/mol. The van der Waals surface area contributed by atoms with Crippen LogP contribution in [0.25, 0.3) is 0 Å². The van der Waals surface area contributed by atoms with Crippen molar-refractivity contribution in [3.63, 3.8) is 0 Å². The highest BCUT2D eigenvalue weighted by atomic mass is 32.2. The van der Waals surface area contributed by atoms with Crippen molar-refractivity contribution in [1.29, 1.82) is 0 Å². The van der Waals surface area contributed by atoms with Gasteiger partial charge in [0.05, 0.1) is 11.8 Å². The van der Waals surface area contributed by atoms with Gasteiger partial charge >= 0.3 is 0 Å². The second-order valence-corrected chi connectivity index (χ2v) is 10.5. The summed E-state index contributed by atoms with van der Waals surface area (Å²) in [4.78, 5) is 15.0. The van der Waals surface area contributed by atoms with Crippen LogP contribution in [-0.4, -0.2) is 25.9 Å². The van der Waals surface area contributed by atoms with Gasteiger partial charge in [0.2, 0.25) is 5.91 Å². The highest BCUT2D eigenvalue weighted by Crippen LogP contribution is 2.25. The van der Waals surface area contributed by atoms with E-state index in [-0.39, 0.29) is 11.2 Å². The predicted molar refractivity (Wildman–Crippen MR) is 129 cm³/mol. The van der Waals surface area contributed by atoms with Crippen LogP contribution < -0.4 is 5.32 Å². The van der Waals surface area contributed by atoms with Crippen LogP contribution in [0.4, 0.5) is 0 Å². The van der Waals surface area contributed by atoms with Crippen LogP contribution >= 0.6 is 34.4 Å². The number of aromatic nitrogens is 3. The van der Waals surface area contributed by atoms with Gasteiger partial charge in [-0.15, -0.1) is 32.9 Å². The Morgan fingerprint density at radius 3 is 2.48 bits per heavy atom. The third-order valence-electron chi connectivity index (χ3n) is 4.84. The van der Waals surface area contributed by atoms with Crippen molar-refractivity contribution < 1.29 is 4.79 Å². The molecule has 3 heterocycles. The van der Waals surface area contributed by atoms with E-state index in [4.69, 9.17) is 0 Å². The normalized spacial score (nSPS) is 12.0. The number of aryl methyl sites for hydroxylation is 1. The van der Waals surface area contributed by atoms with Crippen molar-refractivity contribution in [1.82, 2.24) is 20.1 Å². The van der Waals surface area contributed by atoms with Crippen LogP contribution in [0.1, 0.15) is 28.1 Å². The fourth-order valence-corrected chi connectivity index (χ4v) is 5.42. The van der Waals surface area contributed by atoms with Gasteiger partial charge in [-0.2, -0.15) is 0 Å². The summed E-state index contributed by atoms with van der Waals surface area (Å²) in [5.74, 6) is 0.947. The minimum Gasteiger partial charge on any atom is -0.350 e. The van der Waals surface area contributed by atoms with Gasteiger partial charge in [0.25, 0.3) is 0 Å². The quantitative estimate of drug-likeness (QED) is 0.332. The summed E-state index contributed by atoms with van der Waals surface area (Å²) in [7, 11) is 0. The molecule has 160 valence electrons. The van der Waals surface area contributed by atoms with E-state index in [1.165, 1.54) is 22.2 Å². The average molecular weight is 469 g/mol. The van der Waals surface area contributed by atoms with Crippen LogP contribution in [0, 0.1) is 0 Å². The number of thiophene rings is 2. The molecule has 0 fully saturated rings.